The Labute approximate surface area is 236 Å². The molecule has 7 heteroatoms. The molecule has 0 spiro atoms. The SMILES string of the molecule is CCCCCCCCCCCCCCCCCCNC(=O)c1nn(C23CC4CC(CC(C4)C2)C3)cc1[N+](=O)[O-]. The first-order chi connectivity index (χ1) is 19.0. The van der Waals surface area contributed by atoms with Crippen LogP contribution in [0.5, 0.6) is 0 Å². The Bertz CT molecular complexity index is 876. The minimum absolute atomic E-state index is 0.00719. The molecule has 0 aliphatic heterocycles. The van der Waals surface area contributed by atoms with Gasteiger partial charge in [0.25, 0.3) is 5.91 Å². The van der Waals surface area contributed by atoms with Crippen molar-refractivity contribution in [1.82, 2.24) is 15.1 Å². The molecule has 1 amide bonds. The minimum atomic E-state index is -0.437. The molecule has 4 bridgehead atoms. The van der Waals surface area contributed by atoms with Gasteiger partial charge in [0.1, 0.15) is 6.20 Å². The quantitative estimate of drug-likeness (QED) is 0.101. The van der Waals surface area contributed by atoms with Crippen molar-refractivity contribution >= 4 is 11.6 Å². The highest BCUT2D eigenvalue weighted by Gasteiger charge is 2.53. The largest absolute Gasteiger partial charge is 0.350 e. The molecule has 4 aliphatic carbocycles. The van der Waals surface area contributed by atoms with Gasteiger partial charge in [-0.2, -0.15) is 5.10 Å². The van der Waals surface area contributed by atoms with Gasteiger partial charge in [-0.3, -0.25) is 19.6 Å². The molecule has 1 aromatic heterocycles. The number of hydrogen-bond acceptors (Lipinski definition) is 4. The van der Waals surface area contributed by atoms with Crippen molar-refractivity contribution in [2.24, 2.45) is 17.8 Å². The summed E-state index contributed by atoms with van der Waals surface area (Å²) in [4.78, 5) is 24.2. The maximum atomic E-state index is 12.9. The van der Waals surface area contributed by atoms with E-state index in [2.05, 4.69) is 17.3 Å². The predicted molar refractivity (Wildman–Crippen MR) is 157 cm³/mol. The molecule has 0 aromatic carbocycles. The molecule has 7 nitrogen and oxygen atoms in total. The van der Waals surface area contributed by atoms with Crippen LogP contribution in [0.2, 0.25) is 0 Å². The predicted octanol–water partition coefficient (Wildman–Crippen LogP) is 8.71. The molecule has 4 aliphatic rings. The number of rotatable bonds is 20. The Morgan fingerprint density at radius 1 is 0.846 bits per heavy atom. The minimum Gasteiger partial charge on any atom is -0.350 e. The number of nitro groups is 1. The Balaban J connectivity index is 1.07. The number of carbonyl (C=O) groups is 1. The molecule has 5 rings (SSSR count). The summed E-state index contributed by atoms with van der Waals surface area (Å²) in [5.41, 5.74) is -0.270. The summed E-state index contributed by atoms with van der Waals surface area (Å²) in [5, 5.41) is 19.3. The summed E-state index contributed by atoms with van der Waals surface area (Å²) >= 11 is 0. The van der Waals surface area contributed by atoms with Crippen LogP contribution in [0.3, 0.4) is 0 Å². The molecular formula is C32H54N4O3. The zero-order valence-electron chi connectivity index (χ0n) is 24.6. The average molecular weight is 543 g/mol. The van der Waals surface area contributed by atoms with Crippen molar-refractivity contribution in [1.29, 1.82) is 0 Å². The van der Waals surface area contributed by atoms with Crippen LogP contribution in [0.1, 0.15) is 159 Å². The van der Waals surface area contributed by atoms with E-state index < -0.39 is 10.8 Å². The summed E-state index contributed by atoms with van der Waals surface area (Å²) in [6.07, 6.45) is 29.6. The highest BCUT2D eigenvalue weighted by Crippen LogP contribution is 2.58. The first-order valence-corrected chi connectivity index (χ1v) is 16.5. The van der Waals surface area contributed by atoms with Crippen LogP contribution >= 0.6 is 0 Å². The number of hydrogen-bond donors (Lipinski definition) is 1. The van der Waals surface area contributed by atoms with Crippen molar-refractivity contribution in [3.8, 4) is 0 Å². The first-order valence-electron chi connectivity index (χ1n) is 16.5. The molecule has 4 fully saturated rings. The van der Waals surface area contributed by atoms with Crippen molar-refractivity contribution in [3.05, 3.63) is 22.0 Å². The van der Waals surface area contributed by atoms with Gasteiger partial charge in [-0.15, -0.1) is 0 Å². The molecule has 1 aromatic rings. The van der Waals surface area contributed by atoms with E-state index in [1.165, 1.54) is 109 Å². The molecule has 1 heterocycles. The van der Waals surface area contributed by atoms with Gasteiger partial charge in [0.2, 0.25) is 5.69 Å². The Kier molecular flexibility index (Phi) is 11.7. The molecule has 0 radical (unpaired) electrons. The van der Waals surface area contributed by atoms with Gasteiger partial charge in [-0.25, -0.2) is 0 Å². The first kappa shape index (κ1) is 30.0. The number of unbranched alkanes of at least 4 members (excludes halogenated alkanes) is 15. The van der Waals surface area contributed by atoms with Crippen molar-refractivity contribution in [3.63, 3.8) is 0 Å². The Morgan fingerprint density at radius 3 is 1.72 bits per heavy atom. The second-order valence-corrected chi connectivity index (χ2v) is 13.3. The lowest BCUT2D eigenvalue weighted by atomic mass is 9.53. The van der Waals surface area contributed by atoms with Gasteiger partial charge in [0.15, 0.2) is 0 Å². The molecular weight excluding hydrogens is 488 g/mol. The highest BCUT2D eigenvalue weighted by atomic mass is 16.6. The van der Waals surface area contributed by atoms with Crippen LogP contribution in [0.4, 0.5) is 5.69 Å². The van der Waals surface area contributed by atoms with Crippen molar-refractivity contribution in [2.75, 3.05) is 6.54 Å². The van der Waals surface area contributed by atoms with Crippen LogP contribution in [0.15, 0.2) is 6.20 Å². The topological polar surface area (TPSA) is 90.1 Å². The molecule has 1 N–H and O–H groups in total. The fourth-order valence-electron chi connectivity index (χ4n) is 8.21. The van der Waals surface area contributed by atoms with Crippen LogP contribution in [0, 0.1) is 27.9 Å². The zero-order chi connectivity index (χ0) is 27.5. The van der Waals surface area contributed by atoms with Crippen LogP contribution in [0.25, 0.3) is 0 Å². The van der Waals surface area contributed by atoms with E-state index in [9.17, 15) is 14.9 Å². The summed E-state index contributed by atoms with van der Waals surface area (Å²) in [7, 11) is 0. The van der Waals surface area contributed by atoms with Gasteiger partial charge in [0.05, 0.1) is 10.5 Å². The lowest BCUT2D eigenvalue weighted by Crippen LogP contribution is -2.52. The molecule has 4 saturated carbocycles. The van der Waals surface area contributed by atoms with Crippen LogP contribution in [-0.4, -0.2) is 27.2 Å². The highest BCUT2D eigenvalue weighted by molar-refractivity contribution is 5.96. The fraction of sp³-hybridized carbons (Fsp3) is 0.875. The monoisotopic (exact) mass is 542 g/mol. The van der Waals surface area contributed by atoms with E-state index in [0.717, 1.165) is 32.1 Å². The summed E-state index contributed by atoms with van der Waals surface area (Å²) in [6.45, 7) is 2.83. The summed E-state index contributed by atoms with van der Waals surface area (Å²) in [5.74, 6) is 1.75. The number of amides is 1. The van der Waals surface area contributed by atoms with E-state index in [-0.39, 0.29) is 16.9 Å². The molecule has 0 saturated heterocycles. The van der Waals surface area contributed by atoms with Gasteiger partial charge < -0.3 is 5.32 Å². The van der Waals surface area contributed by atoms with Crippen LogP contribution in [-0.2, 0) is 5.54 Å². The smallest absolute Gasteiger partial charge is 0.320 e. The lowest BCUT2D eigenvalue weighted by Gasteiger charge is -2.56. The van der Waals surface area contributed by atoms with Gasteiger partial charge in [0, 0.05) is 6.54 Å². The molecule has 39 heavy (non-hydrogen) atoms. The normalized spacial score (nSPS) is 25.3. The molecule has 0 atom stereocenters. The maximum Gasteiger partial charge on any atom is 0.320 e. The van der Waals surface area contributed by atoms with Gasteiger partial charge in [-0.05, 0) is 62.7 Å². The second kappa shape index (κ2) is 15.2. The third-order valence-electron chi connectivity index (χ3n) is 9.91. The van der Waals surface area contributed by atoms with E-state index in [4.69, 9.17) is 0 Å². The lowest BCUT2D eigenvalue weighted by molar-refractivity contribution is -0.385. The van der Waals surface area contributed by atoms with Crippen molar-refractivity contribution in [2.45, 2.75) is 154 Å². The fourth-order valence-corrected chi connectivity index (χ4v) is 8.21. The standard InChI is InChI=1S/C32H54N4O3/c1-2-3-4-5-6-7-8-9-10-11-12-13-14-15-16-17-18-33-31(37)30-29(36(38)39)25-35(34-30)32-22-26-19-27(23-32)21-28(20-26)24-32/h25-28H,2-24H2,1H3,(H,33,37). The zero-order valence-corrected chi connectivity index (χ0v) is 24.6. The van der Waals surface area contributed by atoms with Crippen molar-refractivity contribution < 1.29 is 9.72 Å². The van der Waals surface area contributed by atoms with Gasteiger partial charge >= 0.3 is 5.69 Å². The second-order valence-electron chi connectivity index (χ2n) is 13.3. The molecule has 220 valence electrons. The van der Waals surface area contributed by atoms with E-state index in [0.29, 0.717) is 24.3 Å². The number of nitrogens with one attached hydrogen (secondary N) is 1. The Morgan fingerprint density at radius 2 is 1.28 bits per heavy atom. The van der Waals surface area contributed by atoms with Gasteiger partial charge in [-0.1, -0.05) is 103 Å². The number of nitrogens with zero attached hydrogens (tertiary/aromatic N) is 3. The van der Waals surface area contributed by atoms with E-state index >= 15 is 0 Å². The average Bonchev–Trinajstić information content (AvgIpc) is 3.37. The maximum absolute atomic E-state index is 12.9. The van der Waals surface area contributed by atoms with E-state index in [1.54, 1.807) is 6.20 Å². The van der Waals surface area contributed by atoms with Crippen LogP contribution < -0.4 is 5.32 Å². The third-order valence-corrected chi connectivity index (χ3v) is 9.91. The summed E-state index contributed by atoms with van der Waals surface area (Å²) in [6, 6.07) is 0. The number of carbonyl (C=O) groups excluding carboxylic acids is 1. The Hall–Kier alpha value is -1.92. The summed E-state index contributed by atoms with van der Waals surface area (Å²) < 4.78 is 1.83. The number of aromatic nitrogens is 2. The third kappa shape index (κ3) is 8.53. The molecule has 0 unspecified atom stereocenters. The van der Waals surface area contributed by atoms with E-state index in [1.807, 2.05) is 4.68 Å².